The quantitative estimate of drug-likeness (QED) is 0.220. The lowest BCUT2D eigenvalue weighted by Gasteiger charge is -2.22. The highest BCUT2D eigenvalue weighted by molar-refractivity contribution is 7.17. The van der Waals surface area contributed by atoms with Gasteiger partial charge in [0.2, 0.25) is 5.76 Å². The fourth-order valence-electron chi connectivity index (χ4n) is 4.05. The molecule has 0 saturated heterocycles. The smallest absolute Gasteiger partial charge is 0.297 e. The van der Waals surface area contributed by atoms with Crippen LogP contribution >= 0.6 is 22.9 Å². The van der Waals surface area contributed by atoms with Crippen LogP contribution in [0.25, 0.3) is 11.0 Å². The summed E-state index contributed by atoms with van der Waals surface area (Å²) in [6.45, 7) is 3.06. The van der Waals surface area contributed by atoms with Crippen LogP contribution in [-0.4, -0.2) is 21.6 Å². The number of carbonyl (C=O) groups excluding carboxylic acids is 2. The summed E-state index contributed by atoms with van der Waals surface area (Å²) in [7, 11) is 0. The zero-order chi connectivity index (χ0) is 24.3. The number of nitrogens with zero attached hydrogens (tertiary/aromatic N) is 3. The molecule has 0 radical (unpaired) electrons. The van der Waals surface area contributed by atoms with E-state index in [0.29, 0.717) is 21.2 Å². The number of anilines is 1. The Bertz CT molecular complexity index is 1590. The third-order valence-electron chi connectivity index (χ3n) is 5.56. The molecular weight excluding hydrogens is 482 g/mol. The Hall–Kier alpha value is -3.89. The van der Waals surface area contributed by atoms with Gasteiger partial charge in [-0.05, 0) is 42.8 Å². The number of aromatic nitrogens is 1. The summed E-state index contributed by atoms with van der Waals surface area (Å²) in [5.74, 6) is -0.955. The third kappa shape index (κ3) is 3.30. The first kappa shape index (κ1) is 21.9. The van der Waals surface area contributed by atoms with Crippen LogP contribution in [-0.2, 0) is 0 Å². The van der Waals surface area contributed by atoms with Crippen molar-refractivity contribution in [1.29, 1.82) is 0 Å². The fourth-order valence-corrected chi connectivity index (χ4v) is 5.21. The highest BCUT2D eigenvalue weighted by Gasteiger charge is 2.45. The highest BCUT2D eigenvalue weighted by atomic mass is 35.5. The summed E-state index contributed by atoms with van der Waals surface area (Å²) in [5.41, 5.74) is 0.592. The lowest BCUT2D eigenvalue weighted by molar-refractivity contribution is -0.384. The van der Waals surface area contributed by atoms with Crippen molar-refractivity contribution in [2.45, 2.75) is 19.9 Å². The summed E-state index contributed by atoms with van der Waals surface area (Å²) in [4.78, 5) is 55.8. The van der Waals surface area contributed by atoms with Crippen LogP contribution in [0.3, 0.4) is 0 Å². The van der Waals surface area contributed by atoms with Gasteiger partial charge in [0.05, 0.1) is 32.5 Å². The molecule has 3 heterocycles. The van der Waals surface area contributed by atoms with Crippen molar-refractivity contribution < 1.29 is 18.9 Å². The number of hydrogen-bond acceptors (Lipinski definition) is 8. The zero-order valence-corrected chi connectivity index (χ0v) is 19.3. The summed E-state index contributed by atoms with van der Waals surface area (Å²) in [5, 5.41) is 11.9. The number of non-ortho nitro benzene ring substituents is 1. The Labute approximate surface area is 200 Å². The molecule has 0 N–H and O–H groups in total. The molecule has 2 aromatic carbocycles. The number of hydrogen-bond donors (Lipinski definition) is 0. The minimum absolute atomic E-state index is 0.0749. The van der Waals surface area contributed by atoms with Gasteiger partial charge in [0.1, 0.15) is 5.58 Å². The molecule has 1 amide bonds. The van der Waals surface area contributed by atoms with Crippen molar-refractivity contribution in [3.05, 3.63) is 95.3 Å². The minimum atomic E-state index is -0.965. The lowest BCUT2D eigenvalue weighted by atomic mass is 9.98. The molecule has 170 valence electrons. The molecule has 2 aromatic heterocycles. The van der Waals surface area contributed by atoms with Crippen LogP contribution in [0, 0.1) is 17.0 Å². The van der Waals surface area contributed by atoms with E-state index in [-0.39, 0.29) is 38.9 Å². The van der Waals surface area contributed by atoms with Gasteiger partial charge in [-0.15, -0.1) is 0 Å². The topological polar surface area (TPSA) is 124 Å². The van der Waals surface area contributed by atoms with Crippen LogP contribution in [0.4, 0.5) is 10.8 Å². The number of halogens is 1. The van der Waals surface area contributed by atoms with E-state index >= 15 is 0 Å². The maximum atomic E-state index is 13.6. The number of carbonyl (C=O) groups is 2. The second-order valence-electron chi connectivity index (χ2n) is 7.71. The van der Waals surface area contributed by atoms with E-state index in [4.69, 9.17) is 16.0 Å². The van der Waals surface area contributed by atoms with E-state index in [2.05, 4.69) is 4.98 Å². The van der Waals surface area contributed by atoms with Gasteiger partial charge in [-0.25, -0.2) is 4.98 Å². The van der Waals surface area contributed by atoms with Gasteiger partial charge in [0, 0.05) is 24.1 Å². The van der Waals surface area contributed by atoms with Gasteiger partial charge in [0.25, 0.3) is 11.6 Å². The summed E-state index contributed by atoms with van der Waals surface area (Å²) >= 11 is 7.11. The predicted octanol–water partition coefficient (Wildman–Crippen LogP) is 5.07. The second-order valence-corrected chi connectivity index (χ2v) is 9.12. The Morgan fingerprint density at radius 3 is 2.53 bits per heavy atom. The average molecular weight is 496 g/mol. The fraction of sp³-hybridized carbons (Fsp3) is 0.130. The maximum absolute atomic E-state index is 13.6. The number of nitro benzene ring substituents is 1. The molecule has 0 fully saturated rings. The Morgan fingerprint density at radius 1 is 1.21 bits per heavy atom. The predicted molar refractivity (Wildman–Crippen MR) is 126 cm³/mol. The first-order valence-electron chi connectivity index (χ1n) is 10.00. The molecule has 4 aromatic rings. The molecular formula is C23H14ClN3O6S. The molecule has 1 aliphatic heterocycles. The third-order valence-corrected chi connectivity index (χ3v) is 7.06. The standard InChI is InChI=1S/C23H14ClN3O6S/c1-10-21(11(2)28)34-23(25-10)26-18(12-3-6-14(7-4-12)27(31)32)17-19(29)15-9-13(24)5-8-16(15)33-20(17)22(26)30/h3-9,18H,1-2H3. The monoisotopic (exact) mass is 495 g/mol. The van der Waals surface area contributed by atoms with Crippen molar-refractivity contribution in [3.8, 4) is 0 Å². The van der Waals surface area contributed by atoms with Crippen LogP contribution in [0.15, 0.2) is 51.7 Å². The molecule has 34 heavy (non-hydrogen) atoms. The normalized spacial score (nSPS) is 15.1. The molecule has 0 spiro atoms. The number of amides is 1. The van der Waals surface area contributed by atoms with E-state index in [1.807, 2.05) is 0 Å². The van der Waals surface area contributed by atoms with Crippen molar-refractivity contribution in [2.75, 3.05) is 4.90 Å². The summed E-state index contributed by atoms with van der Waals surface area (Å²) in [6.07, 6.45) is 0. The van der Waals surface area contributed by atoms with Gasteiger partial charge >= 0.3 is 0 Å². The zero-order valence-electron chi connectivity index (χ0n) is 17.7. The second kappa shape index (κ2) is 7.86. The molecule has 11 heteroatoms. The lowest BCUT2D eigenvalue weighted by Crippen LogP contribution is -2.29. The van der Waals surface area contributed by atoms with Gasteiger partial charge in [0.15, 0.2) is 16.3 Å². The molecule has 0 saturated carbocycles. The molecule has 5 rings (SSSR count). The van der Waals surface area contributed by atoms with Crippen LogP contribution in [0.5, 0.6) is 0 Å². The summed E-state index contributed by atoms with van der Waals surface area (Å²) in [6, 6.07) is 9.11. The van der Waals surface area contributed by atoms with Crippen LogP contribution in [0.2, 0.25) is 5.02 Å². The number of nitro groups is 1. The minimum Gasteiger partial charge on any atom is -0.450 e. The van der Waals surface area contributed by atoms with E-state index in [1.165, 1.54) is 48.2 Å². The Kier molecular flexibility index (Phi) is 5.07. The molecule has 0 aliphatic carbocycles. The van der Waals surface area contributed by atoms with Crippen molar-refractivity contribution >= 4 is 56.4 Å². The van der Waals surface area contributed by atoms with Gasteiger partial charge < -0.3 is 4.42 Å². The first-order chi connectivity index (χ1) is 16.2. The van der Waals surface area contributed by atoms with E-state index in [0.717, 1.165) is 11.3 Å². The number of Topliss-reactive ketones (excluding diaryl/α,β-unsaturated/α-hetero) is 1. The molecule has 0 bridgehead atoms. The number of aryl methyl sites for hydroxylation is 1. The van der Waals surface area contributed by atoms with Gasteiger partial charge in [-0.1, -0.05) is 22.9 Å². The molecule has 9 nitrogen and oxygen atoms in total. The Morgan fingerprint density at radius 2 is 1.91 bits per heavy atom. The largest absolute Gasteiger partial charge is 0.450 e. The van der Waals surface area contributed by atoms with Gasteiger partial charge in [-0.3, -0.25) is 29.4 Å². The summed E-state index contributed by atoms with van der Waals surface area (Å²) < 4.78 is 5.85. The SMILES string of the molecule is CC(=O)c1sc(N2C(=O)c3oc4ccc(Cl)cc4c(=O)c3C2c2ccc([N+](=O)[O-])cc2)nc1C. The van der Waals surface area contributed by atoms with E-state index < -0.39 is 22.3 Å². The van der Waals surface area contributed by atoms with Crippen molar-refractivity contribution in [3.63, 3.8) is 0 Å². The molecule has 1 unspecified atom stereocenters. The Balaban J connectivity index is 1.79. The maximum Gasteiger partial charge on any atom is 0.297 e. The number of fused-ring (bicyclic) bond motifs is 2. The number of ketones is 1. The van der Waals surface area contributed by atoms with Crippen LogP contribution < -0.4 is 10.3 Å². The van der Waals surface area contributed by atoms with Crippen LogP contribution in [0.1, 0.15) is 50.0 Å². The van der Waals surface area contributed by atoms with Gasteiger partial charge in [-0.2, -0.15) is 0 Å². The molecule has 1 aliphatic rings. The average Bonchev–Trinajstić information content (AvgIpc) is 3.32. The van der Waals surface area contributed by atoms with Crippen molar-refractivity contribution in [1.82, 2.24) is 4.98 Å². The van der Waals surface area contributed by atoms with Crippen molar-refractivity contribution in [2.24, 2.45) is 0 Å². The molecule has 1 atom stereocenters. The van der Waals surface area contributed by atoms with E-state index in [9.17, 15) is 24.5 Å². The number of rotatable bonds is 4. The van der Waals surface area contributed by atoms with E-state index in [1.54, 1.807) is 13.0 Å². The first-order valence-corrected chi connectivity index (χ1v) is 11.2. The highest BCUT2D eigenvalue weighted by Crippen LogP contribution is 2.43. The number of benzene rings is 2. The number of thiazole rings is 1.